The highest BCUT2D eigenvalue weighted by Crippen LogP contribution is 2.18. The molecule has 0 bridgehead atoms. The molecule has 1 heterocycles. The highest BCUT2D eigenvalue weighted by molar-refractivity contribution is 4.96. The minimum atomic E-state index is -0.0868. The lowest BCUT2D eigenvalue weighted by Gasteiger charge is -2.16. The SMILES string of the molecule is CC(C)(C)c1nnn(C(C)(C)C)n1. The van der Waals surface area contributed by atoms with Crippen molar-refractivity contribution in [1.82, 2.24) is 20.2 Å². The van der Waals surface area contributed by atoms with Gasteiger partial charge in [0, 0.05) is 5.41 Å². The first-order valence-electron chi connectivity index (χ1n) is 4.52. The lowest BCUT2D eigenvalue weighted by molar-refractivity contribution is 0.303. The molecule has 4 nitrogen and oxygen atoms in total. The predicted molar refractivity (Wildman–Crippen MR) is 51.5 cm³/mol. The first-order chi connectivity index (χ1) is 5.71. The lowest BCUT2D eigenvalue weighted by Crippen LogP contribution is -2.25. The van der Waals surface area contributed by atoms with E-state index < -0.39 is 0 Å². The number of hydrogen-bond donors (Lipinski definition) is 0. The molecule has 74 valence electrons. The van der Waals surface area contributed by atoms with Gasteiger partial charge in [0.1, 0.15) is 0 Å². The van der Waals surface area contributed by atoms with Gasteiger partial charge in [0.25, 0.3) is 0 Å². The molecular formula is C9H18N4. The van der Waals surface area contributed by atoms with Crippen LogP contribution >= 0.6 is 0 Å². The van der Waals surface area contributed by atoms with E-state index in [2.05, 4.69) is 57.0 Å². The van der Waals surface area contributed by atoms with Crippen molar-refractivity contribution in [2.45, 2.75) is 52.5 Å². The van der Waals surface area contributed by atoms with Gasteiger partial charge < -0.3 is 0 Å². The van der Waals surface area contributed by atoms with Crippen molar-refractivity contribution < 1.29 is 0 Å². The van der Waals surface area contributed by atoms with E-state index in [0.29, 0.717) is 0 Å². The molecule has 0 saturated carbocycles. The Bertz CT molecular complexity index is 259. The van der Waals surface area contributed by atoms with Crippen LogP contribution in [-0.2, 0) is 11.0 Å². The molecule has 13 heavy (non-hydrogen) atoms. The van der Waals surface area contributed by atoms with Crippen molar-refractivity contribution in [1.29, 1.82) is 0 Å². The summed E-state index contributed by atoms with van der Waals surface area (Å²) in [6.07, 6.45) is 0. The van der Waals surface area contributed by atoms with Gasteiger partial charge >= 0.3 is 0 Å². The predicted octanol–water partition coefficient (Wildman–Crippen LogP) is 1.73. The maximum Gasteiger partial charge on any atom is 0.180 e. The summed E-state index contributed by atoms with van der Waals surface area (Å²) in [5, 5.41) is 12.4. The fourth-order valence-corrected chi connectivity index (χ4v) is 0.799. The monoisotopic (exact) mass is 182 g/mol. The van der Waals surface area contributed by atoms with Crippen molar-refractivity contribution in [3.05, 3.63) is 5.82 Å². The van der Waals surface area contributed by atoms with Crippen molar-refractivity contribution in [3.63, 3.8) is 0 Å². The molecule has 4 heteroatoms. The fraction of sp³-hybridized carbons (Fsp3) is 0.889. The maximum absolute atomic E-state index is 4.35. The van der Waals surface area contributed by atoms with E-state index in [-0.39, 0.29) is 11.0 Å². The van der Waals surface area contributed by atoms with Crippen LogP contribution in [0.25, 0.3) is 0 Å². The van der Waals surface area contributed by atoms with Crippen LogP contribution in [0.1, 0.15) is 47.4 Å². The van der Waals surface area contributed by atoms with Gasteiger partial charge in [0.15, 0.2) is 5.82 Å². The molecule has 0 N–H and O–H groups in total. The molecule has 0 aliphatic rings. The summed E-state index contributed by atoms with van der Waals surface area (Å²) in [5.41, 5.74) is -0.111. The molecular weight excluding hydrogens is 164 g/mol. The minimum Gasteiger partial charge on any atom is -0.159 e. The topological polar surface area (TPSA) is 43.6 Å². The average Bonchev–Trinajstić information content (AvgIpc) is 2.28. The zero-order chi connectivity index (χ0) is 10.3. The van der Waals surface area contributed by atoms with E-state index in [4.69, 9.17) is 0 Å². The van der Waals surface area contributed by atoms with Crippen molar-refractivity contribution in [2.24, 2.45) is 0 Å². The van der Waals surface area contributed by atoms with Crippen LogP contribution in [0.3, 0.4) is 0 Å². The molecule has 0 aliphatic carbocycles. The van der Waals surface area contributed by atoms with Crippen LogP contribution in [0.2, 0.25) is 0 Å². The number of tetrazole rings is 1. The molecule has 0 unspecified atom stereocenters. The fourth-order valence-electron chi connectivity index (χ4n) is 0.799. The van der Waals surface area contributed by atoms with E-state index in [1.807, 2.05) is 0 Å². The average molecular weight is 182 g/mol. The van der Waals surface area contributed by atoms with Crippen LogP contribution in [0.5, 0.6) is 0 Å². The Morgan fingerprint density at radius 3 is 1.77 bits per heavy atom. The molecule has 0 amide bonds. The normalized spacial score (nSPS) is 13.4. The highest BCUT2D eigenvalue weighted by Gasteiger charge is 2.23. The third kappa shape index (κ3) is 2.26. The Labute approximate surface area is 79.3 Å². The molecule has 1 aromatic heterocycles. The summed E-state index contributed by atoms with van der Waals surface area (Å²) >= 11 is 0. The Kier molecular flexibility index (Phi) is 2.18. The molecule has 0 aliphatic heterocycles. The van der Waals surface area contributed by atoms with Gasteiger partial charge in [0.2, 0.25) is 0 Å². The largest absolute Gasteiger partial charge is 0.180 e. The molecule has 0 fully saturated rings. The summed E-state index contributed by atoms with van der Waals surface area (Å²) in [5.74, 6) is 0.794. The Balaban J connectivity index is 3.01. The van der Waals surface area contributed by atoms with Crippen molar-refractivity contribution >= 4 is 0 Å². The summed E-state index contributed by atoms with van der Waals surface area (Å²) in [7, 11) is 0. The van der Waals surface area contributed by atoms with Crippen molar-refractivity contribution in [3.8, 4) is 0 Å². The smallest absolute Gasteiger partial charge is 0.159 e. The Hall–Kier alpha value is -0.930. The quantitative estimate of drug-likeness (QED) is 0.613. The highest BCUT2D eigenvalue weighted by atomic mass is 15.6. The van der Waals surface area contributed by atoms with Gasteiger partial charge in [-0.2, -0.15) is 4.80 Å². The number of hydrogen-bond acceptors (Lipinski definition) is 3. The molecule has 1 rings (SSSR count). The van der Waals surface area contributed by atoms with Gasteiger partial charge in [-0.3, -0.25) is 0 Å². The molecule has 1 aromatic rings. The van der Waals surface area contributed by atoms with Crippen LogP contribution < -0.4 is 0 Å². The second-order valence-corrected chi connectivity index (χ2v) is 5.32. The number of nitrogens with zero attached hydrogens (tertiary/aromatic N) is 4. The third-order valence-corrected chi connectivity index (χ3v) is 1.68. The zero-order valence-corrected chi connectivity index (χ0v) is 9.29. The van der Waals surface area contributed by atoms with E-state index >= 15 is 0 Å². The summed E-state index contributed by atoms with van der Waals surface area (Å²) in [6.45, 7) is 12.4. The van der Waals surface area contributed by atoms with Gasteiger partial charge in [-0.15, -0.1) is 10.2 Å². The first-order valence-corrected chi connectivity index (χ1v) is 4.52. The van der Waals surface area contributed by atoms with E-state index in [1.54, 1.807) is 4.80 Å². The van der Waals surface area contributed by atoms with Crippen molar-refractivity contribution in [2.75, 3.05) is 0 Å². The molecule has 0 saturated heterocycles. The third-order valence-electron chi connectivity index (χ3n) is 1.68. The van der Waals surface area contributed by atoms with E-state index in [1.165, 1.54) is 0 Å². The van der Waals surface area contributed by atoms with Gasteiger partial charge in [-0.1, -0.05) is 20.8 Å². The zero-order valence-electron chi connectivity index (χ0n) is 9.29. The molecule has 0 radical (unpaired) electrons. The van der Waals surface area contributed by atoms with Gasteiger partial charge in [-0.05, 0) is 26.0 Å². The van der Waals surface area contributed by atoms with Crippen LogP contribution in [0, 0.1) is 0 Å². The van der Waals surface area contributed by atoms with Crippen LogP contribution in [-0.4, -0.2) is 20.2 Å². The Morgan fingerprint density at radius 2 is 1.54 bits per heavy atom. The summed E-state index contributed by atoms with van der Waals surface area (Å²) in [6, 6.07) is 0. The van der Waals surface area contributed by atoms with Gasteiger partial charge in [0.05, 0.1) is 5.54 Å². The Morgan fingerprint density at radius 1 is 1.00 bits per heavy atom. The van der Waals surface area contributed by atoms with Crippen LogP contribution in [0.15, 0.2) is 0 Å². The number of rotatable bonds is 0. The van der Waals surface area contributed by atoms with E-state index in [9.17, 15) is 0 Å². The van der Waals surface area contributed by atoms with Gasteiger partial charge in [-0.25, -0.2) is 0 Å². The second kappa shape index (κ2) is 2.79. The number of aromatic nitrogens is 4. The second-order valence-electron chi connectivity index (χ2n) is 5.32. The standard InChI is InChI=1S/C9H18N4/c1-8(2,3)7-10-12-13(11-7)9(4,5)6/h1-6H3. The lowest BCUT2D eigenvalue weighted by atomic mass is 9.96. The van der Waals surface area contributed by atoms with E-state index in [0.717, 1.165) is 5.82 Å². The van der Waals surface area contributed by atoms with Crippen LogP contribution in [0.4, 0.5) is 0 Å². The maximum atomic E-state index is 4.35. The minimum absolute atomic E-state index is 0.0243. The summed E-state index contributed by atoms with van der Waals surface area (Å²) in [4.78, 5) is 1.66. The molecule has 0 atom stereocenters. The molecule has 0 aromatic carbocycles. The molecule has 0 spiro atoms. The summed E-state index contributed by atoms with van der Waals surface area (Å²) < 4.78 is 0. The first kappa shape index (κ1) is 10.2.